The van der Waals surface area contributed by atoms with Gasteiger partial charge in [0.2, 0.25) is 5.96 Å². The number of halogens is 3. The molecule has 2 aromatic rings. The highest BCUT2D eigenvalue weighted by Gasteiger charge is 2.43. The molecule has 1 aliphatic heterocycles. The van der Waals surface area contributed by atoms with Gasteiger partial charge in [0.15, 0.2) is 0 Å². The Morgan fingerprint density at radius 2 is 1.85 bits per heavy atom. The highest BCUT2D eigenvalue weighted by atomic mass is 19.4. The summed E-state index contributed by atoms with van der Waals surface area (Å²) in [7, 11) is 0. The van der Waals surface area contributed by atoms with Crippen LogP contribution in [0, 0.1) is 16.7 Å². The standard InChI is InChI=1S/C23H21F3N6O2/c1-3-30-20(33)18-13(2)31(17-6-4-5-16(11-17)23(24,25)26)21(28)32(22(29)34)19(18)15-9-7-14(12-27)8-10-15/h4-11,19,28H,3H2,1-2H3,(H2,29,34)(H,30,33). The molecule has 1 unspecified atom stereocenters. The summed E-state index contributed by atoms with van der Waals surface area (Å²) in [4.78, 5) is 27.5. The van der Waals surface area contributed by atoms with Crippen molar-refractivity contribution in [2.45, 2.75) is 26.1 Å². The number of benzene rings is 2. The van der Waals surface area contributed by atoms with Crippen LogP contribution < -0.4 is 16.0 Å². The number of urea groups is 1. The molecular weight excluding hydrogens is 449 g/mol. The van der Waals surface area contributed by atoms with Gasteiger partial charge in [-0.2, -0.15) is 18.4 Å². The third-order valence-corrected chi connectivity index (χ3v) is 5.30. The van der Waals surface area contributed by atoms with Crippen molar-refractivity contribution < 1.29 is 22.8 Å². The summed E-state index contributed by atoms with van der Waals surface area (Å²) < 4.78 is 40.0. The molecule has 0 radical (unpaired) electrons. The van der Waals surface area contributed by atoms with Crippen molar-refractivity contribution in [2.75, 3.05) is 11.4 Å². The van der Waals surface area contributed by atoms with E-state index in [1.54, 1.807) is 6.92 Å². The fourth-order valence-electron chi connectivity index (χ4n) is 3.81. The predicted octanol–water partition coefficient (Wildman–Crippen LogP) is 3.86. The number of anilines is 1. The number of likely N-dealkylation sites (N-methyl/N-ethyl adjacent to an activating group) is 1. The molecule has 0 bridgehead atoms. The molecule has 3 amide bonds. The van der Waals surface area contributed by atoms with Crippen LogP contribution in [0.1, 0.15) is 36.6 Å². The first-order valence-electron chi connectivity index (χ1n) is 10.1. The molecule has 0 aromatic heterocycles. The number of hydrogen-bond acceptors (Lipinski definition) is 4. The van der Waals surface area contributed by atoms with Crippen molar-refractivity contribution in [1.82, 2.24) is 10.2 Å². The first-order valence-corrected chi connectivity index (χ1v) is 10.1. The van der Waals surface area contributed by atoms with Gasteiger partial charge in [0, 0.05) is 17.9 Å². The Labute approximate surface area is 193 Å². The van der Waals surface area contributed by atoms with Crippen molar-refractivity contribution in [3.05, 3.63) is 76.5 Å². The first kappa shape index (κ1) is 24.3. The molecule has 4 N–H and O–H groups in total. The molecule has 3 rings (SSSR count). The summed E-state index contributed by atoms with van der Waals surface area (Å²) in [5.74, 6) is -1.10. The zero-order valence-electron chi connectivity index (χ0n) is 18.3. The van der Waals surface area contributed by atoms with Crippen LogP contribution in [0.15, 0.2) is 59.8 Å². The maximum atomic E-state index is 13.3. The van der Waals surface area contributed by atoms with E-state index in [4.69, 9.17) is 16.4 Å². The number of primary amides is 1. The lowest BCUT2D eigenvalue weighted by atomic mass is 9.91. The van der Waals surface area contributed by atoms with Crippen molar-refractivity contribution >= 4 is 23.6 Å². The van der Waals surface area contributed by atoms with Gasteiger partial charge in [-0.3, -0.25) is 20.0 Å². The number of amides is 3. The molecule has 1 aliphatic rings. The van der Waals surface area contributed by atoms with Gasteiger partial charge in [-0.1, -0.05) is 18.2 Å². The lowest BCUT2D eigenvalue weighted by Crippen LogP contribution is -2.56. The topological polar surface area (TPSA) is 126 Å². The summed E-state index contributed by atoms with van der Waals surface area (Å²) in [5, 5.41) is 20.4. The largest absolute Gasteiger partial charge is 0.416 e. The van der Waals surface area contributed by atoms with E-state index in [2.05, 4.69) is 5.32 Å². The number of alkyl halides is 3. The van der Waals surface area contributed by atoms with Crippen LogP contribution in [0.2, 0.25) is 0 Å². The van der Waals surface area contributed by atoms with Crippen molar-refractivity contribution in [1.29, 1.82) is 10.7 Å². The Hall–Kier alpha value is -4.33. The van der Waals surface area contributed by atoms with Gasteiger partial charge < -0.3 is 11.1 Å². The third kappa shape index (κ3) is 4.43. The minimum absolute atomic E-state index is 0.0266. The zero-order chi connectivity index (χ0) is 25.2. The van der Waals surface area contributed by atoms with Gasteiger partial charge in [0.25, 0.3) is 5.91 Å². The van der Waals surface area contributed by atoms with E-state index >= 15 is 0 Å². The van der Waals surface area contributed by atoms with E-state index in [9.17, 15) is 22.8 Å². The Morgan fingerprint density at radius 3 is 2.38 bits per heavy atom. The minimum Gasteiger partial charge on any atom is -0.352 e. The van der Waals surface area contributed by atoms with E-state index in [1.807, 2.05) is 6.07 Å². The van der Waals surface area contributed by atoms with E-state index in [1.165, 1.54) is 43.3 Å². The number of nitrogens with zero attached hydrogens (tertiary/aromatic N) is 3. The van der Waals surface area contributed by atoms with Gasteiger partial charge in [-0.25, -0.2) is 4.79 Å². The number of guanidine groups is 1. The Bertz CT molecular complexity index is 1210. The van der Waals surface area contributed by atoms with Crippen LogP contribution in [0.4, 0.5) is 23.7 Å². The highest BCUT2D eigenvalue weighted by Crippen LogP contribution is 2.40. The number of hydrogen-bond donors (Lipinski definition) is 3. The Kier molecular flexibility index (Phi) is 6.63. The van der Waals surface area contributed by atoms with Crippen LogP contribution >= 0.6 is 0 Å². The fraction of sp³-hybridized carbons (Fsp3) is 0.217. The SMILES string of the molecule is CCNC(=O)C1=C(C)N(c2cccc(C(F)(F)F)c2)C(=N)N(C(N)=O)C1c1ccc(C#N)cc1. The number of allylic oxidation sites excluding steroid dienone is 1. The van der Waals surface area contributed by atoms with E-state index < -0.39 is 35.7 Å². The van der Waals surface area contributed by atoms with E-state index in [0.29, 0.717) is 11.1 Å². The van der Waals surface area contributed by atoms with Gasteiger partial charge in [-0.15, -0.1) is 0 Å². The summed E-state index contributed by atoms with van der Waals surface area (Å²) in [6.07, 6.45) is -4.64. The lowest BCUT2D eigenvalue weighted by molar-refractivity contribution is -0.137. The molecule has 1 atom stereocenters. The molecule has 1 heterocycles. The zero-order valence-corrected chi connectivity index (χ0v) is 18.3. The minimum atomic E-state index is -4.64. The number of carbonyl (C=O) groups is 2. The van der Waals surface area contributed by atoms with E-state index in [0.717, 1.165) is 21.9 Å². The molecule has 0 saturated carbocycles. The van der Waals surface area contributed by atoms with Crippen LogP contribution in [0.3, 0.4) is 0 Å². The first-order chi connectivity index (χ1) is 16.0. The normalized spacial score (nSPS) is 16.4. The van der Waals surface area contributed by atoms with Crippen LogP contribution in [-0.2, 0) is 11.0 Å². The number of carbonyl (C=O) groups excluding carboxylic acids is 2. The summed E-state index contributed by atoms with van der Waals surface area (Å²) in [6, 6.07) is 10.0. The van der Waals surface area contributed by atoms with Crippen LogP contribution in [0.5, 0.6) is 0 Å². The average molecular weight is 470 g/mol. The smallest absolute Gasteiger partial charge is 0.352 e. The fourth-order valence-corrected chi connectivity index (χ4v) is 3.81. The Balaban J connectivity index is 2.29. The third-order valence-electron chi connectivity index (χ3n) is 5.30. The number of nitrogens with two attached hydrogens (primary N) is 1. The molecule has 0 spiro atoms. The Morgan fingerprint density at radius 1 is 1.21 bits per heavy atom. The molecule has 34 heavy (non-hydrogen) atoms. The summed E-state index contributed by atoms with van der Waals surface area (Å²) >= 11 is 0. The van der Waals surface area contributed by atoms with Gasteiger partial charge in [-0.05, 0) is 49.7 Å². The molecule has 2 aromatic carbocycles. The van der Waals surface area contributed by atoms with Crippen molar-refractivity contribution in [2.24, 2.45) is 5.73 Å². The summed E-state index contributed by atoms with van der Waals surface area (Å²) in [5.41, 5.74) is 5.49. The van der Waals surface area contributed by atoms with Crippen LogP contribution in [-0.4, -0.2) is 29.3 Å². The second-order valence-corrected chi connectivity index (χ2v) is 7.41. The summed E-state index contributed by atoms with van der Waals surface area (Å²) in [6.45, 7) is 3.41. The second kappa shape index (κ2) is 9.27. The predicted molar refractivity (Wildman–Crippen MR) is 118 cm³/mol. The highest BCUT2D eigenvalue weighted by molar-refractivity contribution is 6.11. The monoisotopic (exact) mass is 470 g/mol. The molecule has 176 valence electrons. The number of nitriles is 1. The molecule has 0 aliphatic carbocycles. The van der Waals surface area contributed by atoms with E-state index in [-0.39, 0.29) is 23.5 Å². The quantitative estimate of drug-likeness (QED) is 0.627. The van der Waals surface area contributed by atoms with Crippen molar-refractivity contribution in [3.8, 4) is 6.07 Å². The molecule has 11 heteroatoms. The van der Waals surface area contributed by atoms with Gasteiger partial charge in [0.1, 0.15) is 0 Å². The maximum Gasteiger partial charge on any atom is 0.416 e. The average Bonchev–Trinajstić information content (AvgIpc) is 2.78. The molecule has 0 saturated heterocycles. The molecular formula is C23H21F3N6O2. The van der Waals surface area contributed by atoms with Crippen LogP contribution in [0.25, 0.3) is 0 Å². The number of nitrogens with one attached hydrogen (secondary N) is 2. The molecule has 0 fully saturated rings. The van der Waals surface area contributed by atoms with Gasteiger partial charge in [0.05, 0.1) is 28.8 Å². The van der Waals surface area contributed by atoms with Gasteiger partial charge >= 0.3 is 12.2 Å². The number of rotatable bonds is 4. The maximum absolute atomic E-state index is 13.3. The second-order valence-electron chi connectivity index (χ2n) is 7.41. The lowest BCUT2D eigenvalue weighted by Gasteiger charge is -2.43. The van der Waals surface area contributed by atoms with Crippen molar-refractivity contribution in [3.63, 3.8) is 0 Å². The molecule has 8 nitrogen and oxygen atoms in total.